The summed E-state index contributed by atoms with van der Waals surface area (Å²) in [5, 5.41) is 20.7. The van der Waals surface area contributed by atoms with Gasteiger partial charge in [-0.05, 0) is 161 Å². The van der Waals surface area contributed by atoms with Crippen molar-refractivity contribution in [3.05, 3.63) is 219 Å². The number of hydrogen-bond acceptors (Lipinski definition) is 14. The SMILES string of the molecule is CC/C=C\C/C=C\C/C=C\C/C=C\C/C=C\C/C=C\CCCCCCCCCCCCCCCCCCC(=O)OCC(O)COP(=O)(O)OCC(O)COP(=O)(O)OCC(COC(=O)CCCCCCCCCCCCCC/C=C\C/C=C\C/C=C\C/C=C\C/C=C\C/C=C\CC)OC(=O)CC/C=C\C/C=C\C/C=C\C/C=C\C/C=C\C/C=C\CC. The third kappa shape index (κ3) is 94.4. The van der Waals surface area contributed by atoms with Crippen LogP contribution in [0.15, 0.2) is 219 Å². The van der Waals surface area contributed by atoms with Gasteiger partial charge >= 0.3 is 33.6 Å². The van der Waals surface area contributed by atoms with E-state index in [1.54, 1.807) is 0 Å². The lowest BCUT2D eigenvalue weighted by atomic mass is 10.0. The first kappa shape index (κ1) is 115. The highest BCUT2D eigenvalue weighted by Gasteiger charge is 2.29. The maximum absolute atomic E-state index is 13.0. The molecule has 0 fully saturated rings. The Morgan fingerprint density at radius 2 is 0.430 bits per heavy atom. The van der Waals surface area contributed by atoms with Crippen molar-refractivity contribution in [1.82, 2.24) is 0 Å². The van der Waals surface area contributed by atoms with Gasteiger partial charge in [0.1, 0.15) is 25.4 Å². The minimum absolute atomic E-state index is 0.0277. The average Bonchev–Trinajstić information content (AvgIpc) is 0.895. The molecule has 0 amide bonds. The first-order valence-electron chi connectivity index (χ1n) is 47.0. The first-order valence-corrected chi connectivity index (χ1v) is 50.0. The standard InChI is InChI=1S/C103H168O16P2/c1-4-7-10-13-16-19-22-25-28-31-34-36-38-40-42-44-46-47-48-49-51-53-54-56-58-60-63-65-68-71-74-77-80-83-86-89-101(106)113-92-98(104)93-115-120(109,110)116-94-99(105)95-117-121(111,112)118-97-100(119-103(108)91-88-85-82-79-76-73-70-67-62-33-30-27-24-21-18-15-12-9-6-3)96-114-102(107)90-87-84-81-78-75-72-69-66-64-61-59-57-55-52-50-45-43-41-39-37-35-32-29-26-23-20-17-14-11-8-5-2/h7-12,16-21,25-30,34-37,40-43,46-47,50,52,62,67,73,76,82,85,98-100,104-105H,4-6,13-15,22-24,31-33,38-39,44-45,48-49,51,53-61,63-66,68-72,74-75,77-81,83-84,86-97H2,1-3H3,(H,109,110)(H,111,112)/b10-7-,11-8-,12-9-,19-16-,20-17-,21-18-,28-25-,29-26-,30-27-,36-34-,37-35-,42-40-,43-41-,47-46-,52-50-,67-62-,76-73-,85-82-. The van der Waals surface area contributed by atoms with Crippen molar-refractivity contribution in [2.24, 2.45) is 0 Å². The van der Waals surface area contributed by atoms with E-state index in [2.05, 4.69) is 221 Å². The number of phosphoric ester groups is 2. The molecule has 0 saturated carbocycles. The molecule has 0 aliphatic rings. The minimum Gasteiger partial charge on any atom is -0.463 e. The molecule has 0 rings (SSSR count). The molecular formula is C103H168O16P2. The maximum atomic E-state index is 13.0. The number of unbranched alkanes of at least 4 members (excludes halogenated alkanes) is 28. The highest BCUT2D eigenvalue weighted by molar-refractivity contribution is 7.47. The fourth-order valence-corrected chi connectivity index (χ4v) is 13.8. The second-order valence-electron chi connectivity index (χ2n) is 30.7. The summed E-state index contributed by atoms with van der Waals surface area (Å²) in [6.45, 7) is 2.26. The zero-order valence-electron chi connectivity index (χ0n) is 75.6. The van der Waals surface area contributed by atoms with Crippen molar-refractivity contribution in [2.45, 2.75) is 373 Å². The van der Waals surface area contributed by atoms with Gasteiger partial charge in [0, 0.05) is 19.3 Å². The van der Waals surface area contributed by atoms with Gasteiger partial charge in [-0.15, -0.1) is 0 Å². The molecule has 0 aromatic rings. The predicted octanol–water partition coefficient (Wildman–Crippen LogP) is 29.3. The maximum Gasteiger partial charge on any atom is 0.472 e. The van der Waals surface area contributed by atoms with Gasteiger partial charge in [-0.1, -0.05) is 394 Å². The number of rotatable bonds is 87. The van der Waals surface area contributed by atoms with Crippen LogP contribution in [0.2, 0.25) is 0 Å². The molecule has 18 heteroatoms. The summed E-state index contributed by atoms with van der Waals surface area (Å²) in [5.41, 5.74) is 0. The molecule has 0 aromatic carbocycles. The number of aliphatic hydroxyl groups excluding tert-OH is 2. The van der Waals surface area contributed by atoms with Crippen molar-refractivity contribution in [2.75, 3.05) is 39.6 Å². The van der Waals surface area contributed by atoms with E-state index in [4.69, 9.17) is 32.3 Å². The minimum atomic E-state index is -4.97. The molecule has 121 heavy (non-hydrogen) atoms. The van der Waals surface area contributed by atoms with Gasteiger partial charge in [0.25, 0.3) is 0 Å². The van der Waals surface area contributed by atoms with Gasteiger partial charge in [-0.3, -0.25) is 32.5 Å². The normalized spacial score (nSPS) is 14.7. The van der Waals surface area contributed by atoms with Crippen LogP contribution < -0.4 is 0 Å². The Bertz CT molecular complexity index is 3080. The number of esters is 3. The molecule has 0 heterocycles. The fraction of sp³-hybridized carbons (Fsp3) is 0.621. The summed E-state index contributed by atoms with van der Waals surface area (Å²) < 4.78 is 61.4. The van der Waals surface area contributed by atoms with Crippen LogP contribution in [0, 0.1) is 0 Å². The van der Waals surface area contributed by atoms with Crippen LogP contribution in [0.5, 0.6) is 0 Å². The Morgan fingerprint density at radius 1 is 0.231 bits per heavy atom. The van der Waals surface area contributed by atoms with Crippen LogP contribution >= 0.6 is 15.6 Å². The van der Waals surface area contributed by atoms with E-state index in [0.717, 1.165) is 161 Å². The van der Waals surface area contributed by atoms with Crippen LogP contribution in [0.25, 0.3) is 0 Å². The molecule has 4 N–H and O–H groups in total. The van der Waals surface area contributed by atoms with E-state index in [1.807, 2.05) is 18.2 Å². The van der Waals surface area contributed by atoms with Crippen molar-refractivity contribution in [3.63, 3.8) is 0 Å². The molecule has 0 saturated heterocycles. The van der Waals surface area contributed by atoms with E-state index < -0.39 is 91.5 Å². The number of carbonyl (C=O) groups is 3. The number of hydrogen-bond donors (Lipinski definition) is 4. The second kappa shape index (κ2) is 93.0. The predicted molar refractivity (Wildman–Crippen MR) is 509 cm³/mol. The Morgan fingerprint density at radius 3 is 0.686 bits per heavy atom. The monoisotopic (exact) mass is 1720 g/mol. The van der Waals surface area contributed by atoms with Crippen LogP contribution in [-0.2, 0) is 55.8 Å². The van der Waals surface area contributed by atoms with Crippen LogP contribution in [0.3, 0.4) is 0 Å². The zero-order chi connectivity index (χ0) is 87.9. The lowest BCUT2D eigenvalue weighted by Crippen LogP contribution is -2.29. The molecule has 0 aromatic heterocycles. The fourth-order valence-electron chi connectivity index (χ4n) is 12.2. The number of ether oxygens (including phenoxy) is 3. The van der Waals surface area contributed by atoms with Crippen LogP contribution in [-0.4, -0.2) is 95.9 Å². The lowest BCUT2D eigenvalue weighted by Gasteiger charge is -2.21. The van der Waals surface area contributed by atoms with E-state index >= 15 is 0 Å². The topological polar surface area (TPSA) is 231 Å². The van der Waals surface area contributed by atoms with Crippen LogP contribution in [0.4, 0.5) is 0 Å². The van der Waals surface area contributed by atoms with Gasteiger partial charge in [0.05, 0.1) is 26.4 Å². The summed E-state index contributed by atoms with van der Waals surface area (Å²) in [4.78, 5) is 59.0. The van der Waals surface area contributed by atoms with E-state index in [0.29, 0.717) is 25.7 Å². The summed E-state index contributed by atoms with van der Waals surface area (Å²) in [6, 6.07) is 0. The quantitative estimate of drug-likeness (QED) is 0.0146. The van der Waals surface area contributed by atoms with Gasteiger partial charge in [0.2, 0.25) is 0 Å². The molecule has 16 nitrogen and oxygen atoms in total. The summed E-state index contributed by atoms with van der Waals surface area (Å²) >= 11 is 0. The van der Waals surface area contributed by atoms with Gasteiger partial charge in [-0.25, -0.2) is 9.13 Å². The third-order valence-corrected chi connectivity index (χ3v) is 21.1. The molecular weight excluding hydrogens is 1560 g/mol. The Balaban J connectivity index is 4.57. The Kier molecular flexibility index (Phi) is 88.3. The first-order chi connectivity index (χ1) is 59.2. The Hall–Kier alpha value is -6.13. The summed E-state index contributed by atoms with van der Waals surface area (Å²) in [7, 11) is -9.85. The van der Waals surface area contributed by atoms with Gasteiger partial charge < -0.3 is 34.2 Å². The van der Waals surface area contributed by atoms with Crippen molar-refractivity contribution >= 4 is 33.6 Å². The summed E-state index contributed by atoms with van der Waals surface area (Å²) in [6.07, 6.45) is 127. The zero-order valence-corrected chi connectivity index (χ0v) is 77.4. The average molecular weight is 1720 g/mol. The molecule has 0 aliphatic carbocycles. The van der Waals surface area contributed by atoms with Crippen molar-refractivity contribution < 1.29 is 75.8 Å². The van der Waals surface area contributed by atoms with E-state index in [-0.39, 0.29) is 19.3 Å². The number of phosphoric acid groups is 2. The van der Waals surface area contributed by atoms with Crippen molar-refractivity contribution in [1.29, 1.82) is 0 Å². The smallest absolute Gasteiger partial charge is 0.463 e. The molecule has 0 spiro atoms. The molecule has 0 radical (unpaired) electrons. The van der Waals surface area contributed by atoms with Gasteiger partial charge in [0.15, 0.2) is 6.10 Å². The molecule has 5 unspecified atom stereocenters. The van der Waals surface area contributed by atoms with Crippen molar-refractivity contribution in [3.8, 4) is 0 Å². The highest BCUT2D eigenvalue weighted by atomic mass is 31.2. The third-order valence-electron chi connectivity index (χ3n) is 19.2. The molecule has 0 aliphatic heterocycles. The van der Waals surface area contributed by atoms with Gasteiger partial charge in [-0.2, -0.15) is 0 Å². The second-order valence-corrected chi connectivity index (χ2v) is 33.6. The number of aliphatic hydroxyl groups is 2. The Labute approximate surface area is 736 Å². The van der Waals surface area contributed by atoms with Crippen LogP contribution in [0.1, 0.15) is 355 Å². The van der Waals surface area contributed by atoms with E-state index in [1.165, 1.54) is 128 Å². The molecule has 5 atom stereocenters. The number of allylic oxidation sites excluding steroid dienone is 36. The lowest BCUT2D eigenvalue weighted by molar-refractivity contribution is -0.161. The van der Waals surface area contributed by atoms with E-state index in [9.17, 15) is 43.5 Å². The summed E-state index contributed by atoms with van der Waals surface area (Å²) in [5.74, 6) is -1.68. The largest absolute Gasteiger partial charge is 0.472 e. The number of carbonyl (C=O) groups excluding carboxylic acids is 3. The molecule has 686 valence electrons. The highest BCUT2D eigenvalue weighted by Crippen LogP contribution is 2.45. The molecule has 0 bridgehead atoms.